The predicted octanol–water partition coefficient (Wildman–Crippen LogP) is 2.79. The maximum Gasteiger partial charge on any atom is 0.252 e. The number of nitrogens with one attached hydrogen (secondary N) is 1. The van der Waals surface area contributed by atoms with E-state index in [1.54, 1.807) is 18.3 Å². The molecule has 1 atom stereocenters. The normalized spacial score (nSPS) is 12.6. The molecule has 2 N–H and O–H groups in total. The van der Waals surface area contributed by atoms with Gasteiger partial charge in [-0.15, -0.1) is 11.3 Å². The molecule has 1 heterocycles. The topological polar surface area (TPSA) is 49.3 Å². The number of hydrogen-bond donors (Lipinski definition) is 2. The van der Waals surface area contributed by atoms with Crippen molar-refractivity contribution in [1.82, 2.24) is 5.32 Å². The van der Waals surface area contributed by atoms with Crippen LogP contribution in [0.5, 0.6) is 0 Å². The maximum atomic E-state index is 12.0. The van der Waals surface area contributed by atoms with Crippen LogP contribution in [0.3, 0.4) is 0 Å². The van der Waals surface area contributed by atoms with E-state index >= 15 is 0 Å². The lowest BCUT2D eigenvalue weighted by molar-refractivity contribution is 0.0951. The number of carbonyl (C=O) groups is 1. The van der Waals surface area contributed by atoms with Gasteiger partial charge in [0.2, 0.25) is 0 Å². The van der Waals surface area contributed by atoms with Crippen LogP contribution in [0, 0.1) is 0 Å². The summed E-state index contributed by atoms with van der Waals surface area (Å²) in [5, 5.41) is 14.9. The first-order chi connectivity index (χ1) is 8.68. The van der Waals surface area contributed by atoms with E-state index in [4.69, 9.17) is 5.11 Å². The molecular weight excluding hydrogens is 246 g/mol. The van der Waals surface area contributed by atoms with Crippen molar-refractivity contribution in [3.63, 3.8) is 0 Å². The van der Waals surface area contributed by atoms with Crippen molar-refractivity contribution in [2.75, 3.05) is 6.54 Å². The van der Waals surface area contributed by atoms with Gasteiger partial charge in [-0.1, -0.05) is 18.2 Å². The first-order valence-electron chi connectivity index (χ1n) is 6.11. The lowest BCUT2D eigenvalue weighted by atomic mass is 10.1. The van der Waals surface area contributed by atoms with Crippen molar-refractivity contribution in [2.45, 2.75) is 25.9 Å². The Morgan fingerprint density at radius 2 is 2.22 bits per heavy atom. The van der Waals surface area contributed by atoms with Crippen molar-refractivity contribution in [2.24, 2.45) is 0 Å². The van der Waals surface area contributed by atoms with E-state index in [2.05, 4.69) is 5.32 Å². The predicted molar refractivity (Wildman–Crippen MR) is 75.1 cm³/mol. The molecule has 0 aliphatic rings. The number of aliphatic hydroxyl groups is 1. The Balaban J connectivity index is 1.97. The number of fused-ring (bicyclic) bond motifs is 1. The molecule has 0 spiro atoms. The van der Waals surface area contributed by atoms with E-state index in [1.165, 1.54) is 0 Å². The molecule has 0 radical (unpaired) electrons. The van der Waals surface area contributed by atoms with E-state index in [0.29, 0.717) is 13.0 Å². The summed E-state index contributed by atoms with van der Waals surface area (Å²) in [5.41, 5.74) is 0.743. The summed E-state index contributed by atoms with van der Waals surface area (Å²) >= 11 is 1.59. The van der Waals surface area contributed by atoms with Crippen LogP contribution in [0.4, 0.5) is 0 Å². The van der Waals surface area contributed by atoms with Gasteiger partial charge in [0.1, 0.15) is 0 Å². The van der Waals surface area contributed by atoms with Crippen LogP contribution in [-0.4, -0.2) is 23.7 Å². The smallest absolute Gasteiger partial charge is 0.252 e. The van der Waals surface area contributed by atoms with Crippen LogP contribution in [-0.2, 0) is 0 Å². The number of hydrogen-bond acceptors (Lipinski definition) is 3. The zero-order chi connectivity index (χ0) is 13.0. The highest BCUT2D eigenvalue weighted by Gasteiger charge is 2.10. The Hall–Kier alpha value is -1.39. The minimum absolute atomic E-state index is 0.0296. The molecule has 1 aromatic carbocycles. The van der Waals surface area contributed by atoms with E-state index in [0.717, 1.165) is 22.1 Å². The second-order valence-corrected chi connectivity index (χ2v) is 5.30. The molecule has 0 saturated carbocycles. The van der Waals surface area contributed by atoms with Gasteiger partial charge in [0.15, 0.2) is 0 Å². The van der Waals surface area contributed by atoms with Crippen LogP contribution < -0.4 is 5.32 Å². The summed E-state index contributed by atoms with van der Waals surface area (Å²) < 4.78 is 1.13. The van der Waals surface area contributed by atoms with Gasteiger partial charge in [-0.2, -0.15) is 0 Å². The highest BCUT2D eigenvalue weighted by atomic mass is 32.1. The fraction of sp³-hybridized carbons (Fsp3) is 0.357. The molecule has 1 aromatic heterocycles. The molecular formula is C14H17NO2S. The third-order valence-corrected chi connectivity index (χ3v) is 3.77. The van der Waals surface area contributed by atoms with Gasteiger partial charge in [0.05, 0.1) is 11.7 Å². The Morgan fingerprint density at radius 3 is 3.00 bits per heavy atom. The van der Waals surface area contributed by atoms with E-state index in [-0.39, 0.29) is 12.0 Å². The van der Waals surface area contributed by atoms with Crippen molar-refractivity contribution >= 4 is 27.3 Å². The first-order valence-corrected chi connectivity index (χ1v) is 6.99. The van der Waals surface area contributed by atoms with Crippen LogP contribution in [0.2, 0.25) is 0 Å². The van der Waals surface area contributed by atoms with Gasteiger partial charge in [0, 0.05) is 22.0 Å². The number of carbonyl (C=O) groups excluding carboxylic acids is 1. The quantitative estimate of drug-likeness (QED) is 0.815. The molecule has 96 valence electrons. The molecule has 2 rings (SSSR count). The van der Waals surface area contributed by atoms with Crippen molar-refractivity contribution < 1.29 is 9.90 Å². The fourth-order valence-corrected chi connectivity index (χ4v) is 2.79. The first kappa shape index (κ1) is 13.1. The van der Waals surface area contributed by atoms with Gasteiger partial charge in [0.25, 0.3) is 5.91 Å². The summed E-state index contributed by atoms with van der Waals surface area (Å²) in [6.07, 6.45) is 1.21. The lowest BCUT2D eigenvalue weighted by Crippen LogP contribution is -2.24. The minimum atomic E-state index is -0.302. The average Bonchev–Trinajstić information content (AvgIpc) is 2.78. The van der Waals surface area contributed by atoms with Gasteiger partial charge in [-0.05, 0) is 25.8 Å². The summed E-state index contributed by atoms with van der Waals surface area (Å²) in [7, 11) is 0. The minimum Gasteiger partial charge on any atom is -0.393 e. The monoisotopic (exact) mass is 263 g/mol. The number of thiophene rings is 1. The summed E-state index contributed by atoms with van der Waals surface area (Å²) in [6, 6.07) is 7.91. The molecule has 0 aliphatic carbocycles. The molecule has 0 aliphatic heterocycles. The molecule has 18 heavy (non-hydrogen) atoms. The Labute approximate surface area is 110 Å². The number of amides is 1. The molecule has 3 nitrogen and oxygen atoms in total. The molecule has 0 saturated heterocycles. The van der Waals surface area contributed by atoms with E-state index in [1.807, 2.05) is 29.6 Å². The summed E-state index contributed by atoms with van der Waals surface area (Å²) in [6.45, 7) is 2.36. The zero-order valence-corrected chi connectivity index (χ0v) is 11.2. The van der Waals surface area contributed by atoms with Crippen molar-refractivity contribution in [3.8, 4) is 0 Å². The Morgan fingerprint density at radius 1 is 1.44 bits per heavy atom. The lowest BCUT2D eigenvalue weighted by Gasteiger charge is -2.06. The standard InChI is InChI=1S/C14H17NO2S/c1-10(16)5-4-8-15-14(17)12-9-18-13-7-3-2-6-11(12)13/h2-3,6-7,9-10,16H,4-5,8H2,1H3,(H,15,17). The molecule has 1 unspecified atom stereocenters. The average molecular weight is 263 g/mol. The number of rotatable bonds is 5. The van der Waals surface area contributed by atoms with Gasteiger partial charge in [-0.25, -0.2) is 0 Å². The fourth-order valence-electron chi connectivity index (χ4n) is 1.85. The largest absolute Gasteiger partial charge is 0.393 e. The van der Waals surface area contributed by atoms with Crippen LogP contribution in [0.1, 0.15) is 30.1 Å². The summed E-state index contributed by atoms with van der Waals surface area (Å²) in [4.78, 5) is 12.0. The molecule has 4 heteroatoms. The zero-order valence-electron chi connectivity index (χ0n) is 10.3. The SMILES string of the molecule is CC(O)CCCNC(=O)c1csc2ccccc12. The second-order valence-electron chi connectivity index (χ2n) is 4.39. The van der Waals surface area contributed by atoms with Gasteiger partial charge < -0.3 is 10.4 Å². The summed E-state index contributed by atoms with van der Waals surface area (Å²) in [5.74, 6) is -0.0296. The van der Waals surface area contributed by atoms with Gasteiger partial charge in [-0.3, -0.25) is 4.79 Å². The second kappa shape index (κ2) is 5.98. The third kappa shape index (κ3) is 3.09. The van der Waals surface area contributed by atoms with Crippen molar-refractivity contribution in [3.05, 3.63) is 35.2 Å². The highest BCUT2D eigenvalue weighted by molar-refractivity contribution is 7.17. The van der Waals surface area contributed by atoms with Crippen LogP contribution in [0.15, 0.2) is 29.6 Å². The van der Waals surface area contributed by atoms with Crippen molar-refractivity contribution in [1.29, 1.82) is 0 Å². The highest BCUT2D eigenvalue weighted by Crippen LogP contribution is 2.25. The van der Waals surface area contributed by atoms with Crippen LogP contribution in [0.25, 0.3) is 10.1 Å². The molecule has 0 bridgehead atoms. The third-order valence-electron chi connectivity index (χ3n) is 2.81. The molecule has 2 aromatic rings. The maximum absolute atomic E-state index is 12.0. The van der Waals surface area contributed by atoms with Gasteiger partial charge >= 0.3 is 0 Å². The number of aliphatic hydroxyl groups excluding tert-OH is 1. The Kier molecular flexibility index (Phi) is 4.33. The van der Waals surface area contributed by atoms with E-state index in [9.17, 15) is 4.79 Å². The number of benzene rings is 1. The molecule has 1 amide bonds. The van der Waals surface area contributed by atoms with E-state index < -0.39 is 0 Å². The molecule has 0 fully saturated rings. The van der Waals surface area contributed by atoms with Crippen LogP contribution >= 0.6 is 11.3 Å². The Bertz CT molecular complexity index is 533.